The molecule has 57 heavy (non-hydrogen) atoms. The molecule has 0 radical (unpaired) electrons. The topological polar surface area (TPSA) is 112 Å². The van der Waals surface area contributed by atoms with Gasteiger partial charge in [-0.3, -0.25) is 19.7 Å². The van der Waals surface area contributed by atoms with E-state index in [-0.39, 0.29) is 41.3 Å². The summed E-state index contributed by atoms with van der Waals surface area (Å²) in [7, 11) is 0. The van der Waals surface area contributed by atoms with Crippen LogP contribution in [0.25, 0.3) is 0 Å². The fraction of sp³-hybridized carbons (Fsp3) is 0.511. The van der Waals surface area contributed by atoms with Crippen molar-refractivity contribution in [1.29, 1.82) is 5.26 Å². The van der Waals surface area contributed by atoms with E-state index in [1.165, 1.54) is 11.8 Å². The quantitative estimate of drug-likeness (QED) is 0.231. The summed E-state index contributed by atoms with van der Waals surface area (Å²) in [4.78, 5) is 46.5. The number of carbonyl (C=O) groups excluding carboxylic acids is 3. The van der Waals surface area contributed by atoms with Gasteiger partial charge in [-0.05, 0) is 149 Å². The first-order valence-electron chi connectivity index (χ1n) is 20.8. The molecule has 5 aliphatic rings. The molecule has 3 aromatic carbocycles. The predicted octanol–water partition coefficient (Wildman–Crippen LogP) is 7.19. The summed E-state index contributed by atoms with van der Waals surface area (Å²) in [6.45, 7) is 9.67. The van der Waals surface area contributed by atoms with E-state index >= 15 is 4.39 Å². The van der Waals surface area contributed by atoms with Gasteiger partial charge in [0.2, 0.25) is 11.8 Å². The molecule has 0 aromatic heterocycles. The molecule has 10 nitrogen and oxygen atoms in total. The van der Waals surface area contributed by atoms with Crippen molar-refractivity contribution in [1.82, 2.24) is 15.1 Å². The molecule has 2 N–H and O–H groups in total. The Balaban J connectivity index is 0.760. The van der Waals surface area contributed by atoms with Crippen molar-refractivity contribution in [2.24, 2.45) is 11.3 Å². The number of anilines is 3. The minimum Gasteiger partial charge on any atom is -0.374 e. The second-order valence-electron chi connectivity index (χ2n) is 17.2. The fourth-order valence-corrected chi connectivity index (χ4v) is 10.3. The molecule has 2 atom stereocenters. The zero-order valence-electron chi connectivity index (χ0n) is 32.8. The second kappa shape index (κ2) is 16.7. The van der Waals surface area contributed by atoms with Crippen molar-refractivity contribution < 1.29 is 18.8 Å². The number of benzene rings is 3. The number of imide groups is 1. The lowest BCUT2D eigenvalue weighted by molar-refractivity contribution is -0.133. The molecule has 5 fully saturated rings. The Labute approximate surface area is 340 Å². The lowest BCUT2D eigenvalue weighted by atomic mass is 9.76. The van der Waals surface area contributed by atoms with Crippen LogP contribution in [0.5, 0.6) is 0 Å². The molecule has 0 aliphatic carbocycles. The van der Waals surface area contributed by atoms with Crippen LogP contribution in [0.3, 0.4) is 0 Å². The van der Waals surface area contributed by atoms with Crippen LogP contribution in [0.1, 0.15) is 92.1 Å². The van der Waals surface area contributed by atoms with Crippen molar-refractivity contribution in [2.75, 3.05) is 67.5 Å². The van der Waals surface area contributed by atoms with Crippen LogP contribution in [0.15, 0.2) is 60.7 Å². The van der Waals surface area contributed by atoms with Gasteiger partial charge in [0.15, 0.2) is 0 Å². The highest BCUT2D eigenvalue weighted by Crippen LogP contribution is 2.46. The highest BCUT2D eigenvalue weighted by atomic mass is 35.5. The van der Waals surface area contributed by atoms with Crippen LogP contribution in [0.2, 0.25) is 5.02 Å². The number of rotatable bonds is 8. The fourth-order valence-electron chi connectivity index (χ4n) is 10.1. The molecule has 1 spiro atoms. The van der Waals surface area contributed by atoms with Gasteiger partial charge < -0.3 is 24.9 Å². The predicted molar refractivity (Wildman–Crippen MR) is 221 cm³/mol. The maximum atomic E-state index is 15.2. The molecule has 5 aliphatic heterocycles. The number of nitrogens with one attached hydrogen (secondary N) is 2. The van der Waals surface area contributed by atoms with Gasteiger partial charge in [-0.15, -0.1) is 0 Å². The lowest BCUT2D eigenvalue weighted by Gasteiger charge is -2.40. The first kappa shape index (κ1) is 39.2. The van der Waals surface area contributed by atoms with Gasteiger partial charge in [0.05, 0.1) is 10.6 Å². The molecule has 5 saturated heterocycles. The number of piperidine rings is 4. The zero-order chi connectivity index (χ0) is 39.7. The summed E-state index contributed by atoms with van der Waals surface area (Å²) < 4.78 is 15.2. The van der Waals surface area contributed by atoms with Gasteiger partial charge in [0, 0.05) is 74.4 Å². The maximum Gasteiger partial charge on any atom is 0.253 e. The van der Waals surface area contributed by atoms with E-state index in [2.05, 4.69) is 50.5 Å². The minimum atomic E-state index is -0.536. The Bertz CT molecular complexity index is 2010. The number of halogens is 2. The normalized spacial score (nSPS) is 23.4. The molecule has 12 heteroatoms. The molecule has 0 bridgehead atoms. The van der Waals surface area contributed by atoms with Gasteiger partial charge in [0.25, 0.3) is 5.91 Å². The molecule has 8 rings (SSSR count). The van der Waals surface area contributed by atoms with Crippen LogP contribution < -0.4 is 20.4 Å². The van der Waals surface area contributed by atoms with Gasteiger partial charge in [-0.2, -0.15) is 5.26 Å². The van der Waals surface area contributed by atoms with E-state index in [0.717, 1.165) is 114 Å². The van der Waals surface area contributed by atoms with Crippen LogP contribution >= 0.6 is 11.6 Å². The average molecular weight is 794 g/mol. The first-order valence-corrected chi connectivity index (χ1v) is 21.2. The van der Waals surface area contributed by atoms with Crippen molar-refractivity contribution in [3.63, 3.8) is 0 Å². The summed E-state index contributed by atoms with van der Waals surface area (Å²) in [5, 5.41) is 15.2. The number of hydrogen-bond donors (Lipinski definition) is 2. The summed E-state index contributed by atoms with van der Waals surface area (Å²) >= 11 is 6.38. The third-order valence-corrected chi connectivity index (χ3v) is 13.8. The van der Waals surface area contributed by atoms with Crippen molar-refractivity contribution in [2.45, 2.75) is 82.7 Å². The second-order valence-corrected chi connectivity index (χ2v) is 17.6. The monoisotopic (exact) mass is 793 g/mol. The molecule has 5 heterocycles. The summed E-state index contributed by atoms with van der Waals surface area (Å²) in [5.41, 5.74) is 5.08. The van der Waals surface area contributed by atoms with Crippen molar-refractivity contribution >= 4 is 46.4 Å². The Morgan fingerprint density at radius 2 is 1.65 bits per heavy atom. The van der Waals surface area contributed by atoms with E-state index in [4.69, 9.17) is 11.6 Å². The standard InChI is InChI=1S/C45H53ClFN7O3/c1-30-26-45(29-54(30)37-8-4-34(27-48)39(46)25-37)16-22-52(23-17-45)36-6-2-33(3-7-36)44(57)53-20-12-31(13-21-53)28-51-18-14-32(15-19-51)38-9-5-35(24-40(38)47)49-41-10-11-42(55)50-43(41)56/h2-9,24-25,30-32,41,49H,10-23,26,28-29H2,1H3,(H,50,55,56)/t30-,41+/m0/s1. The van der Waals surface area contributed by atoms with Gasteiger partial charge in [-0.25, -0.2) is 4.39 Å². The maximum absolute atomic E-state index is 15.2. The SMILES string of the molecule is C[C@H]1CC2(CCN(c3ccc(C(=O)N4CCC(CN5CCC(c6ccc(N[C@@H]7CCC(=O)NC7=O)cc6F)CC5)CC4)cc3)CC2)CN1c1ccc(C#N)c(Cl)c1. The van der Waals surface area contributed by atoms with Crippen LogP contribution in [-0.2, 0) is 9.59 Å². The van der Waals surface area contributed by atoms with Gasteiger partial charge in [0.1, 0.15) is 17.9 Å². The van der Waals surface area contributed by atoms with E-state index in [9.17, 15) is 19.6 Å². The molecular weight excluding hydrogens is 741 g/mol. The van der Waals surface area contributed by atoms with Gasteiger partial charge in [-0.1, -0.05) is 17.7 Å². The van der Waals surface area contributed by atoms with Gasteiger partial charge >= 0.3 is 0 Å². The van der Waals surface area contributed by atoms with E-state index in [1.807, 2.05) is 47.4 Å². The Morgan fingerprint density at radius 1 is 0.930 bits per heavy atom. The van der Waals surface area contributed by atoms with Crippen LogP contribution in [0.4, 0.5) is 21.5 Å². The number of nitriles is 1. The highest BCUT2D eigenvalue weighted by molar-refractivity contribution is 6.32. The summed E-state index contributed by atoms with van der Waals surface area (Å²) in [5.74, 6) is -0.0742. The third kappa shape index (κ3) is 8.63. The Hall–Kier alpha value is -4.66. The number of carbonyl (C=O) groups is 3. The zero-order valence-corrected chi connectivity index (χ0v) is 33.6. The highest BCUT2D eigenvalue weighted by Gasteiger charge is 2.44. The lowest BCUT2D eigenvalue weighted by Crippen LogP contribution is -2.47. The summed E-state index contributed by atoms with van der Waals surface area (Å²) in [6.07, 6.45) is 7.83. The number of hydrogen-bond acceptors (Lipinski definition) is 8. The van der Waals surface area contributed by atoms with E-state index in [0.29, 0.717) is 34.7 Å². The molecule has 0 saturated carbocycles. The van der Waals surface area contributed by atoms with Crippen molar-refractivity contribution in [3.8, 4) is 6.07 Å². The molecule has 3 aromatic rings. The smallest absolute Gasteiger partial charge is 0.253 e. The number of amides is 3. The first-order chi connectivity index (χ1) is 27.6. The Kier molecular flexibility index (Phi) is 11.5. The Morgan fingerprint density at radius 3 is 2.32 bits per heavy atom. The van der Waals surface area contributed by atoms with Crippen molar-refractivity contribution in [3.05, 3.63) is 88.2 Å². The number of likely N-dealkylation sites (tertiary alicyclic amines) is 2. The average Bonchev–Trinajstić information content (AvgIpc) is 3.54. The largest absolute Gasteiger partial charge is 0.374 e. The van der Waals surface area contributed by atoms with Crippen LogP contribution in [0, 0.1) is 28.5 Å². The number of nitrogens with zero attached hydrogens (tertiary/aromatic N) is 5. The summed E-state index contributed by atoms with van der Waals surface area (Å²) in [6, 6.07) is 21.2. The van der Waals surface area contributed by atoms with Crippen LogP contribution in [-0.4, -0.2) is 92.0 Å². The third-order valence-electron chi connectivity index (χ3n) is 13.5. The van der Waals surface area contributed by atoms with E-state index in [1.54, 1.807) is 0 Å². The molecule has 300 valence electrons. The molecule has 0 unspecified atom stereocenters. The minimum absolute atomic E-state index is 0.113. The molecule has 3 amide bonds. The molecular formula is C45H53ClFN7O3. The van der Waals surface area contributed by atoms with E-state index < -0.39 is 6.04 Å².